The molecule has 0 spiro atoms. The lowest BCUT2D eigenvalue weighted by molar-refractivity contribution is -0.386. The molecule has 6 heteroatoms. The van der Waals surface area contributed by atoms with Gasteiger partial charge in [0.1, 0.15) is 12.1 Å². The molecule has 6 nitrogen and oxygen atoms in total. The molecule has 0 amide bonds. The average molecular weight is 300 g/mol. The molecule has 2 N–H and O–H groups in total. The smallest absolute Gasteiger partial charge is 0.331 e. The van der Waals surface area contributed by atoms with E-state index in [1.807, 2.05) is 30.3 Å². The van der Waals surface area contributed by atoms with E-state index >= 15 is 0 Å². The van der Waals surface area contributed by atoms with Crippen molar-refractivity contribution in [3.63, 3.8) is 0 Å². The quantitative estimate of drug-likeness (QED) is 0.520. The maximum atomic E-state index is 12.2. The number of hydrogen-bond acceptors (Lipinski definition) is 5. The molecule has 0 aliphatic heterocycles. The molecule has 22 heavy (non-hydrogen) atoms. The van der Waals surface area contributed by atoms with Crippen molar-refractivity contribution in [2.24, 2.45) is 5.73 Å². The van der Waals surface area contributed by atoms with Crippen molar-refractivity contribution in [1.82, 2.24) is 0 Å². The number of nitro groups is 1. The van der Waals surface area contributed by atoms with Crippen LogP contribution in [0.5, 0.6) is 0 Å². The van der Waals surface area contributed by atoms with Crippen molar-refractivity contribution in [2.75, 3.05) is 0 Å². The Balaban J connectivity index is 2.19. The Morgan fingerprint density at radius 2 is 1.77 bits per heavy atom. The Morgan fingerprint density at radius 1 is 1.18 bits per heavy atom. The number of rotatable bonds is 5. The van der Waals surface area contributed by atoms with Crippen LogP contribution in [0.2, 0.25) is 0 Å². The van der Waals surface area contributed by atoms with Crippen LogP contribution in [0, 0.1) is 10.1 Å². The fourth-order valence-corrected chi connectivity index (χ4v) is 2.05. The second-order valence-electron chi connectivity index (χ2n) is 5.04. The van der Waals surface area contributed by atoms with Gasteiger partial charge in [-0.15, -0.1) is 0 Å². The summed E-state index contributed by atoms with van der Waals surface area (Å²) >= 11 is 0. The zero-order chi connectivity index (χ0) is 16.2. The summed E-state index contributed by atoms with van der Waals surface area (Å²) < 4.78 is 5.20. The van der Waals surface area contributed by atoms with Gasteiger partial charge in [0.05, 0.1) is 10.5 Å². The van der Waals surface area contributed by atoms with E-state index in [0.717, 1.165) is 5.56 Å². The van der Waals surface area contributed by atoms with Crippen LogP contribution in [0.4, 0.5) is 5.69 Å². The lowest BCUT2D eigenvalue weighted by Gasteiger charge is -2.22. The van der Waals surface area contributed by atoms with Crippen LogP contribution in [-0.4, -0.2) is 10.9 Å². The summed E-state index contributed by atoms with van der Waals surface area (Å²) in [6.07, 6.45) is 0. The van der Waals surface area contributed by atoms with Crippen molar-refractivity contribution < 1.29 is 14.5 Å². The average Bonchev–Trinajstić information content (AvgIpc) is 2.53. The minimum atomic E-state index is -1.60. The number of ether oxygens (including phenoxy) is 1. The van der Waals surface area contributed by atoms with Gasteiger partial charge in [0.15, 0.2) is 0 Å². The van der Waals surface area contributed by atoms with Crippen LogP contribution in [0.1, 0.15) is 18.1 Å². The van der Waals surface area contributed by atoms with Gasteiger partial charge < -0.3 is 10.5 Å². The minimum Gasteiger partial charge on any atom is -0.459 e. The van der Waals surface area contributed by atoms with E-state index < -0.39 is 16.4 Å². The Morgan fingerprint density at radius 3 is 2.41 bits per heavy atom. The topological polar surface area (TPSA) is 95.5 Å². The van der Waals surface area contributed by atoms with Gasteiger partial charge in [0.25, 0.3) is 5.69 Å². The predicted octanol–water partition coefficient (Wildman–Crippen LogP) is 2.51. The SMILES string of the molecule is C[C@@](N)(C(=O)OCc1ccccc1)c1ccccc1[N+](=O)[O-]. The molecule has 0 bridgehead atoms. The van der Waals surface area contributed by atoms with Crippen LogP contribution in [-0.2, 0) is 21.7 Å². The molecule has 0 fully saturated rings. The molecular weight excluding hydrogens is 284 g/mol. The van der Waals surface area contributed by atoms with Crippen molar-refractivity contribution >= 4 is 11.7 Å². The van der Waals surface area contributed by atoms with Crippen LogP contribution in [0.25, 0.3) is 0 Å². The van der Waals surface area contributed by atoms with Gasteiger partial charge in [-0.05, 0) is 18.6 Å². The number of para-hydroxylation sites is 1. The summed E-state index contributed by atoms with van der Waals surface area (Å²) in [4.78, 5) is 22.7. The highest BCUT2D eigenvalue weighted by molar-refractivity contribution is 5.83. The summed E-state index contributed by atoms with van der Waals surface area (Å²) in [5.41, 5.74) is 5.14. The number of nitrogens with two attached hydrogens (primary N) is 1. The molecule has 0 saturated carbocycles. The standard InChI is InChI=1S/C16H16N2O4/c1-16(17,13-9-5-6-10-14(13)18(20)21)15(19)22-11-12-7-3-2-4-8-12/h2-10H,11,17H2,1H3/t16-/m0/s1. The minimum absolute atomic E-state index is 0.0626. The summed E-state index contributed by atoms with van der Waals surface area (Å²) in [6, 6.07) is 15.0. The molecule has 2 aromatic carbocycles. The lowest BCUT2D eigenvalue weighted by Crippen LogP contribution is -2.43. The maximum absolute atomic E-state index is 12.2. The molecule has 0 heterocycles. The van der Waals surface area contributed by atoms with E-state index in [0.29, 0.717) is 0 Å². The predicted molar refractivity (Wildman–Crippen MR) is 80.9 cm³/mol. The normalized spacial score (nSPS) is 13.2. The molecule has 2 rings (SSSR count). The van der Waals surface area contributed by atoms with Gasteiger partial charge in [0, 0.05) is 6.07 Å². The summed E-state index contributed by atoms with van der Waals surface area (Å²) in [5, 5.41) is 11.1. The fraction of sp³-hybridized carbons (Fsp3) is 0.188. The number of hydrogen-bond donors (Lipinski definition) is 1. The zero-order valence-corrected chi connectivity index (χ0v) is 12.1. The van der Waals surface area contributed by atoms with E-state index in [1.165, 1.54) is 25.1 Å². The number of esters is 1. The van der Waals surface area contributed by atoms with Crippen LogP contribution in [0.3, 0.4) is 0 Å². The largest absolute Gasteiger partial charge is 0.459 e. The number of nitro benzene ring substituents is 1. The van der Waals surface area contributed by atoms with Crippen molar-refractivity contribution in [1.29, 1.82) is 0 Å². The number of carbonyl (C=O) groups is 1. The van der Waals surface area contributed by atoms with E-state index in [2.05, 4.69) is 0 Å². The third-order valence-electron chi connectivity index (χ3n) is 3.30. The van der Waals surface area contributed by atoms with E-state index in [1.54, 1.807) is 6.07 Å². The molecule has 1 atom stereocenters. The Hall–Kier alpha value is -2.73. The molecule has 0 aliphatic rings. The second kappa shape index (κ2) is 6.36. The van der Waals surface area contributed by atoms with Gasteiger partial charge in [-0.1, -0.05) is 42.5 Å². The number of benzene rings is 2. The number of carbonyl (C=O) groups excluding carboxylic acids is 1. The Bertz CT molecular complexity index is 684. The second-order valence-corrected chi connectivity index (χ2v) is 5.04. The van der Waals surface area contributed by atoms with Crippen molar-refractivity contribution in [2.45, 2.75) is 19.1 Å². The van der Waals surface area contributed by atoms with E-state index in [9.17, 15) is 14.9 Å². The zero-order valence-electron chi connectivity index (χ0n) is 12.1. The summed E-state index contributed by atoms with van der Waals surface area (Å²) in [7, 11) is 0. The lowest BCUT2D eigenvalue weighted by atomic mass is 9.92. The number of nitrogens with zero attached hydrogens (tertiary/aromatic N) is 1. The molecule has 0 aromatic heterocycles. The molecule has 0 radical (unpaired) electrons. The first-order valence-electron chi connectivity index (χ1n) is 6.67. The molecular formula is C16H16N2O4. The highest BCUT2D eigenvalue weighted by Crippen LogP contribution is 2.28. The first-order chi connectivity index (χ1) is 10.4. The van der Waals surface area contributed by atoms with Crippen LogP contribution in [0.15, 0.2) is 54.6 Å². The van der Waals surface area contributed by atoms with Gasteiger partial charge in [-0.3, -0.25) is 10.1 Å². The van der Waals surface area contributed by atoms with Gasteiger partial charge in [-0.25, -0.2) is 4.79 Å². The molecule has 2 aromatic rings. The Labute approximate surface area is 127 Å². The van der Waals surface area contributed by atoms with Crippen LogP contribution < -0.4 is 5.73 Å². The van der Waals surface area contributed by atoms with E-state index in [-0.39, 0.29) is 17.9 Å². The first-order valence-corrected chi connectivity index (χ1v) is 6.67. The van der Waals surface area contributed by atoms with Crippen LogP contribution >= 0.6 is 0 Å². The van der Waals surface area contributed by atoms with Gasteiger partial charge in [0.2, 0.25) is 0 Å². The highest BCUT2D eigenvalue weighted by atomic mass is 16.6. The Kier molecular flexibility index (Phi) is 4.53. The van der Waals surface area contributed by atoms with Crippen molar-refractivity contribution in [3.05, 3.63) is 75.8 Å². The molecule has 0 aliphatic carbocycles. The summed E-state index contributed by atoms with van der Waals surface area (Å²) in [6.45, 7) is 1.47. The molecule has 114 valence electrons. The van der Waals surface area contributed by atoms with Gasteiger partial charge >= 0.3 is 5.97 Å². The fourth-order valence-electron chi connectivity index (χ4n) is 2.05. The highest BCUT2D eigenvalue weighted by Gasteiger charge is 2.37. The monoisotopic (exact) mass is 300 g/mol. The molecule has 0 saturated heterocycles. The maximum Gasteiger partial charge on any atom is 0.331 e. The van der Waals surface area contributed by atoms with Crippen molar-refractivity contribution in [3.8, 4) is 0 Å². The third-order valence-corrected chi connectivity index (χ3v) is 3.30. The van der Waals surface area contributed by atoms with E-state index in [4.69, 9.17) is 10.5 Å². The molecule has 0 unspecified atom stereocenters. The first kappa shape index (κ1) is 15.7. The summed E-state index contributed by atoms with van der Waals surface area (Å²) in [5.74, 6) is -0.717. The van der Waals surface area contributed by atoms with Gasteiger partial charge in [-0.2, -0.15) is 0 Å². The third kappa shape index (κ3) is 3.29.